The third-order valence-corrected chi connectivity index (χ3v) is 3.17. The summed E-state index contributed by atoms with van der Waals surface area (Å²) in [5.41, 5.74) is 8.45. The minimum absolute atomic E-state index is 0.243. The van der Waals surface area contributed by atoms with Crippen molar-refractivity contribution in [3.8, 4) is 0 Å². The van der Waals surface area contributed by atoms with Crippen LogP contribution in [-0.2, 0) is 14.3 Å². The molecule has 3 N–H and O–H groups in total. The Morgan fingerprint density at radius 3 is 2.35 bits per heavy atom. The lowest BCUT2D eigenvalue weighted by Gasteiger charge is -2.27. The van der Waals surface area contributed by atoms with Gasteiger partial charge >= 0.3 is 6.09 Å². The van der Waals surface area contributed by atoms with Crippen molar-refractivity contribution in [2.45, 2.75) is 13.0 Å². The molecule has 0 aliphatic heterocycles. The summed E-state index contributed by atoms with van der Waals surface area (Å²) in [4.78, 5) is 34.9. The van der Waals surface area contributed by atoms with Gasteiger partial charge in [-0.15, -0.1) is 11.6 Å². The number of halogens is 1. The lowest BCUT2D eigenvalue weighted by molar-refractivity contribution is -0.131. The van der Waals surface area contributed by atoms with Crippen molar-refractivity contribution < 1.29 is 19.1 Å². The standard InChI is InChI=1S/C14H19ClN4O4/c1-9-4-6-10(7-5-9)12(19(2)18-11(20)8-15)13(21)16-17-14(22)23-3/h4-7,12H,8H2,1-3H3,(H,16,21)(H,17,22)(H,18,20). The van der Waals surface area contributed by atoms with Gasteiger partial charge in [-0.3, -0.25) is 20.4 Å². The fourth-order valence-corrected chi connectivity index (χ4v) is 1.88. The molecule has 3 amide bonds. The quantitative estimate of drug-likeness (QED) is 0.538. The number of nitrogens with zero attached hydrogens (tertiary/aromatic N) is 1. The van der Waals surface area contributed by atoms with Gasteiger partial charge in [0, 0.05) is 7.05 Å². The van der Waals surface area contributed by atoms with Crippen molar-refractivity contribution in [1.82, 2.24) is 21.3 Å². The number of methoxy groups -OCH3 is 1. The average Bonchev–Trinajstić information content (AvgIpc) is 2.54. The van der Waals surface area contributed by atoms with Gasteiger partial charge in [-0.1, -0.05) is 29.8 Å². The maximum Gasteiger partial charge on any atom is 0.425 e. The Morgan fingerprint density at radius 2 is 1.83 bits per heavy atom. The molecule has 0 bridgehead atoms. The molecule has 8 nitrogen and oxygen atoms in total. The zero-order chi connectivity index (χ0) is 17.4. The molecule has 0 aromatic heterocycles. The van der Waals surface area contributed by atoms with E-state index in [4.69, 9.17) is 11.6 Å². The summed E-state index contributed by atoms with van der Waals surface area (Å²) in [6.45, 7) is 1.91. The van der Waals surface area contributed by atoms with E-state index in [2.05, 4.69) is 21.0 Å². The third kappa shape index (κ3) is 5.76. The highest BCUT2D eigenvalue weighted by Crippen LogP contribution is 2.18. The Morgan fingerprint density at radius 1 is 1.22 bits per heavy atom. The maximum absolute atomic E-state index is 12.4. The number of ether oxygens (including phenoxy) is 1. The summed E-state index contributed by atoms with van der Waals surface area (Å²) >= 11 is 5.46. The molecule has 0 heterocycles. The number of hydrogen-bond acceptors (Lipinski definition) is 5. The fraction of sp³-hybridized carbons (Fsp3) is 0.357. The van der Waals surface area contributed by atoms with Gasteiger partial charge in [0.1, 0.15) is 11.9 Å². The summed E-state index contributed by atoms with van der Waals surface area (Å²) in [7, 11) is 2.69. The average molecular weight is 343 g/mol. The largest absolute Gasteiger partial charge is 0.452 e. The van der Waals surface area contributed by atoms with Crippen molar-refractivity contribution >= 4 is 29.5 Å². The topological polar surface area (TPSA) is 99.8 Å². The van der Waals surface area contributed by atoms with E-state index >= 15 is 0 Å². The van der Waals surface area contributed by atoms with Crippen LogP contribution in [0.25, 0.3) is 0 Å². The van der Waals surface area contributed by atoms with Crippen LogP contribution < -0.4 is 16.3 Å². The second-order valence-electron chi connectivity index (χ2n) is 4.70. The van der Waals surface area contributed by atoms with Crippen LogP contribution in [0.4, 0.5) is 4.79 Å². The molecule has 1 atom stereocenters. The number of alkyl halides is 1. The van der Waals surface area contributed by atoms with Crippen LogP contribution in [-0.4, -0.2) is 43.0 Å². The number of hydrazine groups is 2. The van der Waals surface area contributed by atoms with Gasteiger partial charge in [0.15, 0.2) is 0 Å². The van der Waals surface area contributed by atoms with Crippen LogP contribution in [0.3, 0.4) is 0 Å². The summed E-state index contributed by atoms with van der Waals surface area (Å²) in [5, 5.41) is 1.31. The Hall–Kier alpha value is -2.32. The predicted octanol–water partition coefficient (Wildman–Crippen LogP) is 0.625. The molecule has 0 radical (unpaired) electrons. The van der Waals surface area contributed by atoms with Crippen LogP contribution in [0.15, 0.2) is 24.3 Å². The van der Waals surface area contributed by atoms with Crippen molar-refractivity contribution in [1.29, 1.82) is 0 Å². The number of likely N-dealkylation sites (N-methyl/N-ethyl adjacent to an activating group) is 1. The van der Waals surface area contributed by atoms with Gasteiger partial charge < -0.3 is 4.74 Å². The molecule has 0 saturated carbocycles. The predicted molar refractivity (Wildman–Crippen MR) is 84.2 cm³/mol. The third-order valence-electron chi connectivity index (χ3n) is 2.92. The minimum atomic E-state index is -0.875. The molecule has 0 aliphatic rings. The van der Waals surface area contributed by atoms with E-state index in [-0.39, 0.29) is 5.88 Å². The Kier molecular flexibility index (Phi) is 7.30. The molecule has 0 spiro atoms. The highest BCUT2D eigenvalue weighted by atomic mass is 35.5. The second-order valence-corrected chi connectivity index (χ2v) is 4.97. The Bertz CT molecular complexity index is 564. The Labute approximate surface area is 139 Å². The maximum atomic E-state index is 12.4. The van der Waals surface area contributed by atoms with E-state index in [1.165, 1.54) is 19.2 Å². The highest BCUT2D eigenvalue weighted by Gasteiger charge is 2.26. The van der Waals surface area contributed by atoms with Gasteiger partial charge in [0.2, 0.25) is 5.91 Å². The van der Waals surface area contributed by atoms with Crippen molar-refractivity contribution in [2.75, 3.05) is 20.0 Å². The van der Waals surface area contributed by atoms with Crippen molar-refractivity contribution in [2.24, 2.45) is 0 Å². The van der Waals surface area contributed by atoms with Gasteiger partial charge in [-0.05, 0) is 12.5 Å². The summed E-state index contributed by atoms with van der Waals surface area (Å²) in [5.74, 6) is -1.26. The SMILES string of the molecule is COC(=O)NNC(=O)C(c1ccc(C)cc1)N(C)NC(=O)CCl. The minimum Gasteiger partial charge on any atom is -0.452 e. The molecule has 0 saturated heterocycles. The molecule has 23 heavy (non-hydrogen) atoms. The second kappa shape index (κ2) is 8.96. The Balaban J connectivity index is 2.95. The zero-order valence-electron chi connectivity index (χ0n) is 13.1. The van der Waals surface area contributed by atoms with Gasteiger partial charge in [-0.25, -0.2) is 15.2 Å². The molecule has 1 unspecified atom stereocenters. The fourth-order valence-electron chi connectivity index (χ4n) is 1.82. The summed E-state index contributed by atoms with van der Waals surface area (Å²) < 4.78 is 4.38. The number of aryl methyl sites for hydroxylation is 1. The first kappa shape index (κ1) is 18.7. The number of rotatable bonds is 5. The number of benzene rings is 1. The van der Waals surface area contributed by atoms with Gasteiger partial charge in [-0.2, -0.15) is 0 Å². The molecule has 0 aliphatic carbocycles. The highest BCUT2D eigenvalue weighted by molar-refractivity contribution is 6.27. The smallest absolute Gasteiger partial charge is 0.425 e. The molecule has 126 valence electrons. The van der Waals surface area contributed by atoms with Crippen LogP contribution >= 0.6 is 11.6 Å². The molecule has 1 aromatic rings. The lowest BCUT2D eigenvalue weighted by Crippen LogP contribution is -2.51. The van der Waals surface area contributed by atoms with Crippen LogP contribution in [0.5, 0.6) is 0 Å². The number of hydrogen-bond donors (Lipinski definition) is 3. The molecule has 1 rings (SSSR count). The molecule has 1 aromatic carbocycles. The summed E-state index contributed by atoms with van der Waals surface area (Å²) in [6, 6.07) is 6.29. The number of amides is 3. The van der Waals surface area contributed by atoms with Crippen LogP contribution in [0.2, 0.25) is 0 Å². The molecule has 0 fully saturated rings. The molecular formula is C14H19ClN4O4. The number of carbonyl (C=O) groups is 3. The zero-order valence-corrected chi connectivity index (χ0v) is 13.8. The number of carbonyl (C=O) groups excluding carboxylic acids is 3. The monoisotopic (exact) mass is 342 g/mol. The molecule has 9 heteroatoms. The van der Waals surface area contributed by atoms with Gasteiger partial charge in [0.05, 0.1) is 7.11 Å². The van der Waals surface area contributed by atoms with E-state index in [1.54, 1.807) is 12.1 Å². The van der Waals surface area contributed by atoms with Crippen molar-refractivity contribution in [3.05, 3.63) is 35.4 Å². The van der Waals surface area contributed by atoms with E-state index in [0.717, 1.165) is 5.56 Å². The number of nitrogens with one attached hydrogen (secondary N) is 3. The van der Waals surface area contributed by atoms with Gasteiger partial charge in [0.25, 0.3) is 5.91 Å². The first-order valence-electron chi connectivity index (χ1n) is 6.67. The normalized spacial score (nSPS) is 11.5. The lowest BCUT2D eigenvalue weighted by atomic mass is 10.0. The van der Waals surface area contributed by atoms with E-state index in [1.807, 2.05) is 19.1 Å². The summed E-state index contributed by atoms with van der Waals surface area (Å²) in [6.07, 6.45) is -0.812. The van der Waals surface area contributed by atoms with E-state index in [0.29, 0.717) is 5.56 Å². The first-order chi connectivity index (χ1) is 10.9. The van der Waals surface area contributed by atoms with Crippen LogP contribution in [0, 0.1) is 6.92 Å². The van der Waals surface area contributed by atoms with E-state index < -0.39 is 23.9 Å². The van der Waals surface area contributed by atoms with E-state index in [9.17, 15) is 14.4 Å². The first-order valence-corrected chi connectivity index (χ1v) is 7.21. The molecular weight excluding hydrogens is 324 g/mol. The van der Waals surface area contributed by atoms with Crippen LogP contribution in [0.1, 0.15) is 17.2 Å². The van der Waals surface area contributed by atoms with Crippen molar-refractivity contribution in [3.63, 3.8) is 0 Å².